The van der Waals surface area contributed by atoms with Crippen LogP contribution in [-0.4, -0.2) is 19.9 Å². The van der Waals surface area contributed by atoms with Crippen LogP contribution in [0.2, 0.25) is 0 Å². The van der Waals surface area contributed by atoms with E-state index in [1.54, 1.807) is 0 Å². The number of nitrogens with one attached hydrogen (secondary N) is 2. The number of fused-ring (bicyclic) bond motifs is 8. The molecule has 4 nitrogen and oxygen atoms in total. The van der Waals surface area contributed by atoms with E-state index in [-0.39, 0.29) is 0 Å². The fraction of sp³-hybridized carbons (Fsp3) is 0.158. The molecule has 8 bridgehead atoms. The molecule has 5 aromatic rings. The second kappa shape index (κ2) is 11.9. The lowest BCUT2D eigenvalue weighted by Crippen LogP contribution is -1.94. The maximum Gasteiger partial charge on any atom is 0.0690 e. The molecule has 7 rings (SSSR count). The van der Waals surface area contributed by atoms with Crippen molar-refractivity contribution in [2.45, 2.75) is 38.5 Å². The van der Waals surface area contributed by atoms with E-state index in [9.17, 15) is 0 Å². The van der Waals surface area contributed by atoms with E-state index >= 15 is 0 Å². The number of aromatic nitrogens is 4. The molecule has 0 fully saturated rings. The highest BCUT2D eigenvalue weighted by Gasteiger charge is 2.11. The van der Waals surface area contributed by atoms with Gasteiger partial charge in [-0.05, 0) is 110 Å². The summed E-state index contributed by atoms with van der Waals surface area (Å²) in [5.41, 5.74) is 13.5. The number of aryl methyl sites for hydroxylation is 4. The number of hydrogen-bond acceptors (Lipinski definition) is 2. The average Bonchev–Trinajstić information content (AvgIpc) is 3.84. The zero-order valence-electron chi connectivity index (χ0n) is 23.7. The van der Waals surface area contributed by atoms with Crippen LogP contribution in [0.1, 0.15) is 57.9 Å². The molecule has 2 aliphatic rings. The largest absolute Gasteiger partial charge is 0.355 e. The predicted octanol–water partition coefficient (Wildman–Crippen LogP) is 9.01. The molecule has 5 heterocycles. The fourth-order valence-corrected chi connectivity index (χ4v) is 5.95. The van der Waals surface area contributed by atoms with Crippen molar-refractivity contribution in [1.82, 2.24) is 19.9 Å². The van der Waals surface area contributed by atoms with Crippen molar-refractivity contribution in [3.8, 4) is 0 Å². The molecule has 42 heavy (non-hydrogen) atoms. The van der Waals surface area contributed by atoms with Crippen molar-refractivity contribution in [1.29, 1.82) is 0 Å². The molecular formula is C38H34N4. The molecular weight excluding hydrogens is 512 g/mol. The minimum atomic E-state index is 0.942. The molecule has 2 aliphatic heterocycles. The minimum Gasteiger partial charge on any atom is -0.355 e. The van der Waals surface area contributed by atoms with Gasteiger partial charge in [-0.25, -0.2) is 9.97 Å². The van der Waals surface area contributed by atoms with Gasteiger partial charge in [-0.15, -0.1) is 0 Å². The van der Waals surface area contributed by atoms with E-state index in [4.69, 9.17) is 9.97 Å². The van der Waals surface area contributed by atoms with Crippen molar-refractivity contribution >= 4 is 46.4 Å². The number of nitrogens with zero attached hydrogens (tertiary/aromatic N) is 2. The molecule has 2 N–H and O–H groups in total. The van der Waals surface area contributed by atoms with Gasteiger partial charge in [-0.2, -0.15) is 0 Å². The third-order valence-corrected chi connectivity index (χ3v) is 8.09. The summed E-state index contributed by atoms with van der Waals surface area (Å²) in [6.45, 7) is 0. The van der Waals surface area contributed by atoms with E-state index in [0.29, 0.717) is 0 Å². The topological polar surface area (TPSA) is 57.4 Å². The summed E-state index contributed by atoms with van der Waals surface area (Å²) in [4.78, 5) is 17.5. The van der Waals surface area contributed by atoms with Gasteiger partial charge >= 0.3 is 0 Å². The second-order valence-electron chi connectivity index (χ2n) is 11.1. The molecule has 0 unspecified atom stereocenters. The highest BCUT2D eigenvalue weighted by molar-refractivity contribution is 5.80. The van der Waals surface area contributed by atoms with Crippen molar-refractivity contribution in [3.05, 3.63) is 142 Å². The molecule has 0 saturated heterocycles. The van der Waals surface area contributed by atoms with Crippen molar-refractivity contribution in [2.75, 3.05) is 0 Å². The van der Waals surface area contributed by atoms with E-state index < -0.39 is 0 Å². The Morgan fingerprint density at radius 2 is 0.905 bits per heavy atom. The van der Waals surface area contributed by atoms with E-state index in [2.05, 4.69) is 131 Å². The first kappa shape index (κ1) is 26.0. The third-order valence-electron chi connectivity index (χ3n) is 8.09. The van der Waals surface area contributed by atoms with Crippen LogP contribution < -0.4 is 0 Å². The molecule has 0 amide bonds. The summed E-state index contributed by atoms with van der Waals surface area (Å²) in [7, 11) is 0. The van der Waals surface area contributed by atoms with E-state index in [1.807, 2.05) is 0 Å². The minimum absolute atomic E-state index is 0.942. The van der Waals surface area contributed by atoms with Crippen molar-refractivity contribution in [2.24, 2.45) is 0 Å². The summed E-state index contributed by atoms with van der Waals surface area (Å²) in [6, 6.07) is 34.4. The van der Waals surface area contributed by atoms with Gasteiger partial charge in [-0.3, -0.25) is 0 Å². The summed E-state index contributed by atoms with van der Waals surface area (Å²) in [5.74, 6) is 0. The Morgan fingerprint density at radius 1 is 0.452 bits per heavy atom. The number of hydrogen-bond donors (Lipinski definition) is 2. The fourth-order valence-electron chi connectivity index (χ4n) is 5.95. The first-order chi connectivity index (χ1) is 20.8. The Balaban J connectivity index is 1.29. The third kappa shape index (κ3) is 5.89. The van der Waals surface area contributed by atoms with Crippen LogP contribution in [0, 0.1) is 0 Å². The Kier molecular flexibility index (Phi) is 7.34. The number of H-pyrrole nitrogens is 2. The van der Waals surface area contributed by atoms with Gasteiger partial charge in [0, 0.05) is 33.2 Å². The van der Waals surface area contributed by atoms with Gasteiger partial charge in [0.25, 0.3) is 0 Å². The molecule has 206 valence electrons. The van der Waals surface area contributed by atoms with Crippen LogP contribution in [0.15, 0.2) is 97.1 Å². The Morgan fingerprint density at radius 3 is 1.36 bits per heavy atom. The van der Waals surface area contributed by atoms with Crippen molar-refractivity contribution in [3.63, 3.8) is 0 Å². The zero-order chi connectivity index (χ0) is 28.1. The first-order valence-corrected chi connectivity index (χ1v) is 14.9. The van der Waals surface area contributed by atoms with Crippen LogP contribution in [0.4, 0.5) is 0 Å². The van der Waals surface area contributed by atoms with Crippen LogP contribution in [0.5, 0.6) is 0 Å². The van der Waals surface area contributed by atoms with Crippen molar-refractivity contribution < 1.29 is 0 Å². The molecule has 3 aromatic heterocycles. The quantitative estimate of drug-likeness (QED) is 0.200. The van der Waals surface area contributed by atoms with Gasteiger partial charge in [-0.1, -0.05) is 60.7 Å². The lowest BCUT2D eigenvalue weighted by Gasteiger charge is -2.04. The summed E-state index contributed by atoms with van der Waals surface area (Å²) in [5, 5.41) is 0. The lowest BCUT2D eigenvalue weighted by molar-refractivity contribution is 0.820. The van der Waals surface area contributed by atoms with E-state index in [1.165, 1.54) is 22.3 Å². The molecule has 0 spiro atoms. The normalized spacial score (nSPS) is 12.2. The van der Waals surface area contributed by atoms with Crippen LogP contribution >= 0.6 is 0 Å². The van der Waals surface area contributed by atoms with E-state index in [0.717, 1.165) is 83.4 Å². The van der Waals surface area contributed by atoms with Gasteiger partial charge in [0.15, 0.2) is 0 Å². The zero-order valence-corrected chi connectivity index (χ0v) is 23.7. The highest BCUT2D eigenvalue weighted by atomic mass is 14.8. The summed E-state index contributed by atoms with van der Waals surface area (Å²) < 4.78 is 0. The second-order valence-corrected chi connectivity index (χ2v) is 11.1. The van der Waals surface area contributed by atoms with Crippen LogP contribution in [-0.2, 0) is 25.7 Å². The molecule has 0 atom stereocenters. The van der Waals surface area contributed by atoms with Gasteiger partial charge in [0.2, 0.25) is 0 Å². The standard InChI is InChI=1S/C38H34N4/c1-3-9-27(10-4-1)13-7-15-33-35-21-17-29(39-35)25-31-19-23-37(41-31)34(16-8-14-28-11-5-2-6-12-28)38-24-20-32(42-38)26-30-18-22-36(33)40-30/h1-6,9-12,17-26,39,42H,7-8,13-16H2. The van der Waals surface area contributed by atoms with Gasteiger partial charge in [0.05, 0.1) is 22.8 Å². The smallest absolute Gasteiger partial charge is 0.0690 e. The Labute approximate surface area is 246 Å². The molecule has 0 aliphatic carbocycles. The maximum atomic E-state index is 5.07. The molecule has 0 saturated carbocycles. The monoisotopic (exact) mass is 546 g/mol. The number of benzene rings is 2. The number of rotatable bonds is 8. The first-order valence-electron chi connectivity index (χ1n) is 14.9. The Hall–Kier alpha value is -4.96. The molecule has 4 heteroatoms. The predicted molar refractivity (Wildman–Crippen MR) is 176 cm³/mol. The molecule has 2 aromatic carbocycles. The number of aromatic amines is 2. The highest BCUT2D eigenvalue weighted by Crippen LogP contribution is 2.25. The Bertz CT molecular complexity index is 1780. The van der Waals surface area contributed by atoms with Crippen LogP contribution in [0.25, 0.3) is 46.4 Å². The van der Waals surface area contributed by atoms with Gasteiger partial charge in [0.1, 0.15) is 0 Å². The van der Waals surface area contributed by atoms with Gasteiger partial charge < -0.3 is 9.97 Å². The summed E-state index contributed by atoms with van der Waals surface area (Å²) in [6.07, 6.45) is 14.6. The average molecular weight is 547 g/mol. The van der Waals surface area contributed by atoms with Crippen LogP contribution in [0.3, 0.4) is 0 Å². The lowest BCUT2D eigenvalue weighted by atomic mass is 10.0. The summed E-state index contributed by atoms with van der Waals surface area (Å²) >= 11 is 0. The maximum absolute atomic E-state index is 5.07. The molecule has 0 radical (unpaired) electrons. The SMILES string of the molecule is C1=Cc2nc1cc1ccc([nH]1)c(CCCc1ccccc1)c1nc(cc3ccc([nH]3)c2CCCc2ccccc2)C=C1.